The van der Waals surface area contributed by atoms with Gasteiger partial charge in [-0.1, -0.05) is 31.0 Å². The summed E-state index contributed by atoms with van der Waals surface area (Å²) in [5, 5.41) is 4.66. The molecule has 3 aliphatic rings. The Kier molecular flexibility index (Phi) is 4.45. The van der Waals surface area contributed by atoms with Gasteiger partial charge < -0.3 is 9.80 Å². The van der Waals surface area contributed by atoms with Gasteiger partial charge in [-0.25, -0.2) is 4.68 Å². The fraction of sp³-hybridized carbons (Fsp3) is 0.522. The van der Waals surface area contributed by atoms with E-state index in [9.17, 15) is 9.59 Å². The summed E-state index contributed by atoms with van der Waals surface area (Å²) < 4.78 is 1.79. The fourth-order valence-electron chi connectivity index (χ4n) is 5.52. The molecule has 1 aliphatic carbocycles. The Morgan fingerprint density at radius 1 is 1.10 bits per heavy atom. The molecule has 1 saturated carbocycles. The molecule has 6 nitrogen and oxygen atoms in total. The molecule has 0 radical (unpaired) electrons. The van der Waals surface area contributed by atoms with Gasteiger partial charge >= 0.3 is 0 Å². The van der Waals surface area contributed by atoms with Crippen molar-refractivity contribution in [2.24, 2.45) is 5.92 Å². The molecular formula is C23H28N4O2. The first-order valence-electron chi connectivity index (χ1n) is 10.8. The van der Waals surface area contributed by atoms with Gasteiger partial charge in [0.05, 0.1) is 23.5 Å². The molecule has 2 aromatic rings. The zero-order chi connectivity index (χ0) is 20.1. The Balaban J connectivity index is 1.40. The van der Waals surface area contributed by atoms with Crippen LogP contribution in [0.5, 0.6) is 0 Å². The minimum atomic E-state index is -0.0125. The monoisotopic (exact) mass is 392 g/mol. The third kappa shape index (κ3) is 2.88. The Labute approximate surface area is 171 Å². The highest BCUT2D eigenvalue weighted by Crippen LogP contribution is 2.40. The number of nitrogens with zero attached hydrogens (tertiary/aromatic N) is 4. The molecule has 2 amide bonds. The quantitative estimate of drug-likeness (QED) is 0.803. The highest BCUT2D eigenvalue weighted by molar-refractivity contribution is 5.99. The maximum Gasteiger partial charge on any atom is 0.273 e. The number of carbonyl (C=O) groups is 2. The number of rotatable bonds is 3. The average molecular weight is 393 g/mol. The highest BCUT2D eigenvalue weighted by Gasteiger charge is 2.45. The van der Waals surface area contributed by atoms with Gasteiger partial charge in [-0.2, -0.15) is 5.10 Å². The summed E-state index contributed by atoms with van der Waals surface area (Å²) >= 11 is 0. The van der Waals surface area contributed by atoms with Crippen molar-refractivity contribution in [3.05, 3.63) is 47.3 Å². The maximum atomic E-state index is 13.5. The summed E-state index contributed by atoms with van der Waals surface area (Å²) in [7, 11) is 0. The Morgan fingerprint density at radius 2 is 1.83 bits per heavy atom. The molecule has 2 aliphatic heterocycles. The van der Waals surface area contributed by atoms with E-state index in [1.54, 1.807) is 4.68 Å². The second-order valence-corrected chi connectivity index (χ2v) is 8.69. The van der Waals surface area contributed by atoms with Gasteiger partial charge in [0.25, 0.3) is 5.91 Å². The Hall–Kier alpha value is -2.63. The maximum absolute atomic E-state index is 13.5. The molecule has 1 aromatic heterocycles. The number of fused-ring (bicyclic) bond motifs is 1. The lowest BCUT2D eigenvalue weighted by Crippen LogP contribution is -2.42. The van der Waals surface area contributed by atoms with Crippen molar-refractivity contribution in [2.75, 3.05) is 13.1 Å². The molecule has 152 valence electrons. The van der Waals surface area contributed by atoms with Crippen molar-refractivity contribution >= 4 is 11.8 Å². The predicted octanol–water partition coefficient (Wildman–Crippen LogP) is 3.49. The standard InChI is InChI=1S/C23H28N4O2/c1-15-20-16(2)26(19-12-13-25(14-19)22(28)17-8-6-7-9-17)23(29)21(20)27(24-15)18-10-4-3-5-11-18/h3-5,10-11,16-17,19H,6-9,12-14H2,1-2H3. The van der Waals surface area contributed by atoms with E-state index < -0.39 is 0 Å². The largest absolute Gasteiger partial charge is 0.340 e. The van der Waals surface area contributed by atoms with Crippen molar-refractivity contribution in [1.82, 2.24) is 19.6 Å². The van der Waals surface area contributed by atoms with Gasteiger partial charge in [0.1, 0.15) is 5.69 Å². The zero-order valence-corrected chi connectivity index (χ0v) is 17.2. The van der Waals surface area contributed by atoms with Gasteiger partial charge in [0.2, 0.25) is 5.91 Å². The van der Waals surface area contributed by atoms with Crippen LogP contribution >= 0.6 is 0 Å². The van der Waals surface area contributed by atoms with Crippen LogP contribution in [-0.4, -0.2) is 50.5 Å². The number of benzene rings is 1. The zero-order valence-electron chi connectivity index (χ0n) is 17.2. The number of hydrogen-bond donors (Lipinski definition) is 0. The van der Waals surface area contributed by atoms with E-state index in [0.717, 1.165) is 42.8 Å². The van der Waals surface area contributed by atoms with Crippen LogP contribution in [0.3, 0.4) is 0 Å². The minimum Gasteiger partial charge on any atom is -0.340 e. The lowest BCUT2D eigenvalue weighted by Gasteiger charge is -2.29. The van der Waals surface area contributed by atoms with Crippen LogP contribution in [0.15, 0.2) is 30.3 Å². The Morgan fingerprint density at radius 3 is 2.55 bits per heavy atom. The molecule has 29 heavy (non-hydrogen) atoms. The summed E-state index contributed by atoms with van der Waals surface area (Å²) in [4.78, 5) is 30.3. The third-order valence-electron chi connectivity index (χ3n) is 6.95. The van der Waals surface area contributed by atoms with Crippen molar-refractivity contribution in [1.29, 1.82) is 0 Å². The van der Waals surface area contributed by atoms with Crippen LogP contribution in [-0.2, 0) is 4.79 Å². The summed E-state index contributed by atoms with van der Waals surface area (Å²) in [6, 6.07) is 9.91. The first-order valence-corrected chi connectivity index (χ1v) is 10.8. The van der Waals surface area contributed by atoms with E-state index in [1.165, 1.54) is 12.8 Å². The molecule has 0 spiro atoms. The average Bonchev–Trinajstić information content (AvgIpc) is 3.50. The summed E-state index contributed by atoms with van der Waals surface area (Å²) in [6.07, 6.45) is 5.24. The first kappa shape index (κ1) is 18.4. The van der Waals surface area contributed by atoms with Crippen LogP contribution in [0.25, 0.3) is 5.69 Å². The predicted molar refractivity (Wildman–Crippen MR) is 110 cm³/mol. The number of hydrogen-bond acceptors (Lipinski definition) is 3. The topological polar surface area (TPSA) is 58.4 Å². The van der Waals surface area contributed by atoms with Crippen LogP contribution in [0.2, 0.25) is 0 Å². The number of amides is 2. The van der Waals surface area contributed by atoms with Gasteiger partial charge in [0, 0.05) is 24.6 Å². The number of aryl methyl sites for hydroxylation is 1. The molecule has 0 bridgehead atoms. The lowest BCUT2D eigenvalue weighted by atomic mass is 10.1. The number of likely N-dealkylation sites (tertiary alicyclic amines) is 1. The molecule has 1 saturated heterocycles. The molecule has 3 heterocycles. The van der Waals surface area contributed by atoms with E-state index >= 15 is 0 Å². The number of aromatic nitrogens is 2. The minimum absolute atomic E-state index is 0.0125. The number of carbonyl (C=O) groups excluding carboxylic acids is 2. The van der Waals surface area contributed by atoms with Crippen molar-refractivity contribution in [2.45, 2.75) is 58.0 Å². The van der Waals surface area contributed by atoms with Gasteiger partial charge in [-0.05, 0) is 45.2 Å². The van der Waals surface area contributed by atoms with E-state index in [-0.39, 0.29) is 23.9 Å². The third-order valence-corrected chi connectivity index (χ3v) is 6.95. The number of para-hydroxylation sites is 1. The first-order chi connectivity index (χ1) is 14.1. The van der Waals surface area contributed by atoms with E-state index in [0.29, 0.717) is 18.1 Å². The molecule has 2 atom stereocenters. The van der Waals surface area contributed by atoms with Crippen LogP contribution in [0.1, 0.15) is 66.8 Å². The van der Waals surface area contributed by atoms with E-state index in [4.69, 9.17) is 0 Å². The van der Waals surface area contributed by atoms with Gasteiger partial charge in [0.15, 0.2) is 0 Å². The van der Waals surface area contributed by atoms with Crippen molar-refractivity contribution < 1.29 is 9.59 Å². The van der Waals surface area contributed by atoms with Crippen LogP contribution in [0, 0.1) is 12.8 Å². The van der Waals surface area contributed by atoms with E-state index in [2.05, 4.69) is 12.0 Å². The Bertz CT molecular complexity index is 945. The second kappa shape index (κ2) is 7.01. The highest BCUT2D eigenvalue weighted by atomic mass is 16.2. The van der Waals surface area contributed by atoms with Gasteiger partial charge in [-0.3, -0.25) is 9.59 Å². The molecule has 0 N–H and O–H groups in total. The molecule has 1 aromatic carbocycles. The molecule has 6 heteroatoms. The fourth-order valence-corrected chi connectivity index (χ4v) is 5.52. The molecular weight excluding hydrogens is 364 g/mol. The van der Waals surface area contributed by atoms with Gasteiger partial charge in [-0.15, -0.1) is 0 Å². The van der Waals surface area contributed by atoms with Crippen LogP contribution in [0.4, 0.5) is 0 Å². The van der Waals surface area contributed by atoms with Crippen LogP contribution < -0.4 is 0 Å². The second-order valence-electron chi connectivity index (χ2n) is 8.69. The molecule has 2 fully saturated rings. The van der Waals surface area contributed by atoms with E-state index in [1.807, 2.05) is 47.1 Å². The van der Waals surface area contributed by atoms with Crippen molar-refractivity contribution in [3.8, 4) is 5.69 Å². The normalized spacial score (nSPS) is 24.6. The summed E-state index contributed by atoms with van der Waals surface area (Å²) in [5.41, 5.74) is 3.52. The molecule has 5 rings (SSSR count). The lowest BCUT2D eigenvalue weighted by molar-refractivity contribution is -0.134. The molecule has 2 unspecified atom stereocenters. The van der Waals surface area contributed by atoms with Crippen molar-refractivity contribution in [3.63, 3.8) is 0 Å². The SMILES string of the molecule is Cc1nn(-c2ccccc2)c2c1C(C)N(C1CCN(C(=O)C3CCCC3)C1)C2=O. The smallest absolute Gasteiger partial charge is 0.273 e. The summed E-state index contributed by atoms with van der Waals surface area (Å²) in [5.74, 6) is 0.539. The summed E-state index contributed by atoms with van der Waals surface area (Å²) in [6.45, 7) is 5.50.